The highest BCUT2D eigenvalue weighted by atomic mass is 79.9. The van der Waals surface area contributed by atoms with Crippen molar-refractivity contribution in [3.8, 4) is 5.75 Å². The van der Waals surface area contributed by atoms with E-state index in [0.29, 0.717) is 14.6 Å². The average Bonchev–Trinajstić information content (AvgIpc) is 2.55. The Balaban J connectivity index is 1.82. The van der Waals surface area contributed by atoms with Crippen LogP contribution < -0.4 is 10.1 Å². The third-order valence-electron chi connectivity index (χ3n) is 3.00. The molecule has 0 aliphatic heterocycles. The molecule has 0 bridgehead atoms. The van der Waals surface area contributed by atoms with Gasteiger partial charge in [-0.25, -0.2) is 9.18 Å². The molecule has 0 heterocycles. The summed E-state index contributed by atoms with van der Waals surface area (Å²) in [7, 11) is 0. The number of aryl methyl sites for hydroxylation is 1. The number of para-hydroxylation sites is 1. The summed E-state index contributed by atoms with van der Waals surface area (Å²) in [6.45, 7) is 0.941. The summed E-state index contributed by atoms with van der Waals surface area (Å²) in [6, 6.07) is 9.37. The van der Waals surface area contributed by atoms with E-state index in [4.69, 9.17) is 9.47 Å². The zero-order chi connectivity index (χ0) is 18.4. The van der Waals surface area contributed by atoms with Crippen LogP contribution in [-0.2, 0) is 14.3 Å². The van der Waals surface area contributed by atoms with Gasteiger partial charge in [-0.05, 0) is 68.6 Å². The predicted octanol–water partition coefficient (Wildman–Crippen LogP) is 4.22. The summed E-state index contributed by atoms with van der Waals surface area (Å²) in [5.74, 6) is -1.93. The zero-order valence-electron chi connectivity index (χ0n) is 13.1. The van der Waals surface area contributed by atoms with Gasteiger partial charge < -0.3 is 14.8 Å². The Kier molecular flexibility index (Phi) is 6.95. The van der Waals surface area contributed by atoms with Crippen LogP contribution in [0.1, 0.15) is 5.56 Å². The number of benzene rings is 2. The number of ether oxygens (including phenoxy) is 2. The average molecular weight is 475 g/mol. The van der Waals surface area contributed by atoms with Gasteiger partial charge in [0.15, 0.2) is 24.8 Å². The first kappa shape index (κ1) is 19.4. The molecule has 0 fully saturated rings. The lowest BCUT2D eigenvalue weighted by atomic mass is 10.2. The van der Waals surface area contributed by atoms with Crippen LogP contribution in [-0.4, -0.2) is 25.1 Å². The summed E-state index contributed by atoms with van der Waals surface area (Å²) in [5.41, 5.74) is 1.54. The van der Waals surface area contributed by atoms with Crippen LogP contribution >= 0.6 is 31.9 Å². The van der Waals surface area contributed by atoms with E-state index < -0.39 is 30.9 Å². The molecule has 0 saturated carbocycles. The van der Waals surface area contributed by atoms with Crippen LogP contribution in [0.3, 0.4) is 0 Å². The van der Waals surface area contributed by atoms with E-state index in [2.05, 4.69) is 37.2 Å². The molecule has 0 aliphatic carbocycles. The molecule has 2 aromatic rings. The van der Waals surface area contributed by atoms with Crippen LogP contribution in [0.15, 0.2) is 45.3 Å². The molecule has 8 heteroatoms. The summed E-state index contributed by atoms with van der Waals surface area (Å²) in [5, 5.41) is 2.63. The van der Waals surface area contributed by atoms with Crippen LogP contribution in [0.2, 0.25) is 0 Å². The van der Waals surface area contributed by atoms with E-state index in [0.717, 1.165) is 5.56 Å². The molecule has 0 aromatic heterocycles. The number of carbonyl (C=O) groups excluding carboxylic acids is 2. The van der Waals surface area contributed by atoms with Gasteiger partial charge in [-0.2, -0.15) is 0 Å². The molecule has 0 aliphatic rings. The van der Waals surface area contributed by atoms with Gasteiger partial charge in [0.05, 0.1) is 5.69 Å². The van der Waals surface area contributed by atoms with Crippen molar-refractivity contribution in [1.82, 2.24) is 0 Å². The number of amides is 1. The third-order valence-corrected chi connectivity index (χ3v) is 4.25. The largest absolute Gasteiger partial charge is 0.479 e. The van der Waals surface area contributed by atoms with Crippen molar-refractivity contribution in [3.63, 3.8) is 0 Å². The highest BCUT2D eigenvalue weighted by molar-refractivity contribution is 9.11. The number of esters is 1. The summed E-state index contributed by atoms with van der Waals surface area (Å²) >= 11 is 6.71. The van der Waals surface area contributed by atoms with Crippen molar-refractivity contribution >= 4 is 49.4 Å². The lowest BCUT2D eigenvalue weighted by Gasteiger charge is -2.11. The molecular weight excluding hydrogens is 461 g/mol. The van der Waals surface area contributed by atoms with Crippen LogP contribution in [0, 0.1) is 12.7 Å². The normalized spacial score (nSPS) is 10.2. The number of rotatable bonds is 6. The third kappa shape index (κ3) is 5.82. The topological polar surface area (TPSA) is 64.6 Å². The monoisotopic (exact) mass is 473 g/mol. The molecule has 132 valence electrons. The van der Waals surface area contributed by atoms with Crippen molar-refractivity contribution < 1.29 is 23.5 Å². The van der Waals surface area contributed by atoms with E-state index in [-0.39, 0.29) is 5.75 Å². The standard InChI is InChI=1S/C17H14Br2FNO4/c1-10-6-11(18)17(12(19)7-10)21-15(22)8-25-16(23)9-24-14-5-3-2-4-13(14)20/h2-7H,8-9H2,1H3,(H,21,22). The predicted molar refractivity (Wildman–Crippen MR) is 98.1 cm³/mol. The van der Waals surface area contributed by atoms with E-state index in [1.807, 2.05) is 19.1 Å². The Hall–Kier alpha value is -1.93. The second kappa shape index (κ2) is 8.96. The Morgan fingerprint density at radius 3 is 2.40 bits per heavy atom. The molecule has 25 heavy (non-hydrogen) atoms. The van der Waals surface area contributed by atoms with Gasteiger partial charge in [0.1, 0.15) is 0 Å². The summed E-state index contributed by atoms with van der Waals surface area (Å²) in [6.07, 6.45) is 0. The molecule has 1 amide bonds. The number of nitrogens with one attached hydrogen (secondary N) is 1. The smallest absolute Gasteiger partial charge is 0.344 e. The first-order valence-electron chi connectivity index (χ1n) is 7.15. The minimum Gasteiger partial charge on any atom is -0.479 e. The molecule has 2 rings (SSSR count). The lowest BCUT2D eigenvalue weighted by molar-refractivity contribution is -0.149. The van der Waals surface area contributed by atoms with Gasteiger partial charge in [0.25, 0.3) is 5.91 Å². The van der Waals surface area contributed by atoms with E-state index in [1.165, 1.54) is 18.2 Å². The van der Waals surface area contributed by atoms with Gasteiger partial charge in [0, 0.05) is 8.95 Å². The molecule has 5 nitrogen and oxygen atoms in total. The van der Waals surface area contributed by atoms with E-state index >= 15 is 0 Å². The highest BCUT2D eigenvalue weighted by Gasteiger charge is 2.13. The summed E-state index contributed by atoms with van der Waals surface area (Å²) in [4.78, 5) is 23.5. The van der Waals surface area contributed by atoms with Crippen molar-refractivity contribution in [2.75, 3.05) is 18.5 Å². The maximum absolute atomic E-state index is 13.4. The Bertz CT molecular complexity index is 775. The number of halogens is 3. The molecule has 0 atom stereocenters. The van der Waals surface area contributed by atoms with Crippen LogP contribution in [0.25, 0.3) is 0 Å². The van der Waals surface area contributed by atoms with Crippen molar-refractivity contribution in [1.29, 1.82) is 0 Å². The Labute approximate surface area is 160 Å². The van der Waals surface area contributed by atoms with Crippen molar-refractivity contribution in [3.05, 3.63) is 56.7 Å². The van der Waals surface area contributed by atoms with Gasteiger partial charge >= 0.3 is 5.97 Å². The summed E-state index contributed by atoms with van der Waals surface area (Å²) < 4.78 is 24.6. The molecule has 0 saturated heterocycles. The number of anilines is 1. The minimum absolute atomic E-state index is 0.0589. The maximum atomic E-state index is 13.4. The molecule has 2 aromatic carbocycles. The fraction of sp³-hybridized carbons (Fsp3) is 0.176. The van der Waals surface area contributed by atoms with Crippen molar-refractivity contribution in [2.45, 2.75) is 6.92 Å². The quantitative estimate of drug-likeness (QED) is 0.636. The molecule has 0 unspecified atom stereocenters. The van der Waals surface area contributed by atoms with Gasteiger partial charge in [-0.15, -0.1) is 0 Å². The van der Waals surface area contributed by atoms with Crippen LogP contribution in [0.4, 0.5) is 10.1 Å². The first-order chi connectivity index (χ1) is 11.9. The number of hydrogen-bond donors (Lipinski definition) is 1. The molecular formula is C17H14Br2FNO4. The van der Waals surface area contributed by atoms with Gasteiger partial charge in [0.2, 0.25) is 0 Å². The second-order valence-corrected chi connectivity index (χ2v) is 6.74. The van der Waals surface area contributed by atoms with Crippen molar-refractivity contribution in [2.24, 2.45) is 0 Å². The molecule has 1 N–H and O–H groups in total. The minimum atomic E-state index is -0.777. The fourth-order valence-electron chi connectivity index (χ4n) is 1.88. The number of hydrogen-bond acceptors (Lipinski definition) is 4. The van der Waals surface area contributed by atoms with E-state index in [1.54, 1.807) is 6.07 Å². The molecule has 0 spiro atoms. The van der Waals surface area contributed by atoms with Crippen LogP contribution in [0.5, 0.6) is 5.75 Å². The Morgan fingerprint density at radius 1 is 1.12 bits per heavy atom. The lowest BCUT2D eigenvalue weighted by Crippen LogP contribution is -2.24. The first-order valence-corrected chi connectivity index (χ1v) is 8.74. The fourth-order valence-corrected chi connectivity index (χ4v) is 3.49. The van der Waals surface area contributed by atoms with Gasteiger partial charge in [-0.1, -0.05) is 12.1 Å². The Morgan fingerprint density at radius 2 is 1.76 bits per heavy atom. The van der Waals surface area contributed by atoms with E-state index in [9.17, 15) is 14.0 Å². The number of carbonyl (C=O) groups is 2. The molecule has 0 radical (unpaired) electrons. The van der Waals surface area contributed by atoms with Gasteiger partial charge in [-0.3, -0.25) is 4.79 Å². The highest BCUT2D eigenvalue weighted by Crippen LogP contribution is 2.32. The zero-order valence-corrected chi connectivity index (χ0v) is 16.3. The SMILES string of the molecule is Cc1cc(Br)c(NC(=O)COC(=O)COc2ccccc2F)c(Br)c1. The maximum Gasteiger partial charge on any atom is 0.344 e. The second-order valence-electron chi connectivity index (χ2n) is 5.03.